The van der Waals surface area contributed by atoms with Crippen molar-refractivity contribution in [2.24, 2.45) is 0 Å². The molecule has 0 aliphatic carbocycles. The number of para-hydroxylation sites is 2. The Kier molecular flexibility index (Phi) is 4.41. The number of nitrogens with zero attached hydrogens (tertiary/aromatic N) is 2. The number of nitrogens with one attached hydrogen (secondary N) is 1. The predicted molar refractivity (Wildman–Crippen MR) is 115 cm³/mol. The first-order chi connectivity index (χ1) is 15.0. The van der Waals surface area contributed by atoms with Crippen LogP contribution in [0.1, 0.15) is 27.9 Å². The molecule has 1 atom stereocenters. The van der Waals surface area contributed by atoms with E-state index in [9.17, 15) is 14.7 Å². The monoisotopic (exact) mass is 433 g/mol. The number of aliphatic hydroxyl groups excluding tert-OH is 1. The predicted octanol–water partition coefficient (Wildman–Crippen LogP) is 4.90. The lowest BCUT2D eigenvalue weighted by Gasteiger charge is -2.25. The zero-order valence-electron chi connectivity index (χ0n) is 16.3. The highest BCUT2D eigenvalue weighted by Crippen LogP contribution is 2.43. The van der Waals surface area contributed by atoms with Crippen molar-refractivity contribution in [2.45, 2.75) is 13.0 Å². The number of furan rings is 1. The molecule has 0 radical (unpaired) electrons. The molecule has 2 aromatic heterocycles. The third-order valence-corrected chi connectivity index (χ3v) is 5.57. The van der Waals surface area contributed by atoms with Crippen LogP contribution in [0.3, 0.4) is 0 Å². The maximum Gasteiger partial charge on any atom is 0.296 e. The van der Waals surface area contributed by atoms with Gasteiger partial charge in [0.25, 0.3) is 5.91 Å². The highest BCUT2D eigenvalue weighted by molar-refractivity contribution is 6.32. The molecule has 1 aliphatic heterocycles. The van der Waals surface area contributed by atoms with Crippen molar-refractivity contribution >= 4 is 40.3 Å². The smallest absolute Gasteiger partial charge is 0.296 e. The van der Waals surface area contributed by atoms with Crippen LogP contribution in [0.4, 0.5) is 5.95 Å². The number of ketones is 1. The van der Waals surface area contributed by atoms with Gasteiger partial charge in [-0.2, -0.15) is 0 Å². The molecule has 4 aromatic rings. The molecule has 1 unspecified atom stereocenters. The van der Waals surface area contributed by atoms with Crippen LogP contribution >= 0.6 is 11.6 Å². The molecule has 8 heteroatoms. The average Bonchev–Trinajstić information content (AvgIpc) is 3.44. The number of aromatic amines is 1. The average molecular weight is 434 g/mol. The summed E-state index contributed by atoms with van der Waals surface area (Å²) in [6.45, 7) is 1.71. The maximum atomic E-state index is 13.3. The van der Waals surface area contributed by atoms with E-state index in [1.54, 1.807) is 43.3 Å². The molecule has 0 fully saturated rings. The van der Waals surface area contributed by atoms with Gasteiger partial charge in [-0.15, -0.1) is 0 Å². The molecule has 1 amide bonds. The van der Waals surface area contributed by atoms with Crippen LogP contribution in [0, 0.1) is 6.92 Å². The number of Topliss-reactive ketones (excluding diaryl/α,β-unsaturated/α-hetero) is 1. The van der Waals surface area contributed by atoms with Crippen LogP contribution in [-0.4, -0.2) is 26.8 Å². The largest absolute Gasteiger partial charge is 0.503 e. The second kappa shape index (κ2) is 7.14. The number of halogens is 1. The van der Waals surface area contributed by atoms with Crippen LogP contribution in [0.5, 0.6) is 0 Å². The number of anilines is 1. The van der Waals surface area contributed by atoms with Gasteiger partial charge in [-0.25, -0.2) is 4.98 Å². The fourth-order valence-corrected chi connectivity index (χ4v) is 4.03. The second-order valence-corrected chi connectivity index (χ2v) is 7.59. The summed E-state index contributed by atoms with van der Waals surface area (Å²) < 4.78 is 5.46. The van der Waals surface area contributed by atoms with E-state index < -0.39 is 23.5 Å². The molecule has 0 saturated carbocycles. The number of benzene rings is 2. The number of hydrogen-bond acceptors (Lipinski definition) is 5. The Bertz CT molecular complexity index is 1350. The number of aliphatic hydroxyl groups is 1. The van der Waals surface area contributed by atoms with Crippen molar-refractivity contribution in [1.82, 2.24) is 9.97 Å². The lowest BCUT2D eigenvalue weighted by molar-refractivity contribution is -0.117. The second-order valence-electron chi connectivity index (χ2n) is 7.18. The molecular formula is C23H16ClN3O4. The topological polar surface area (TPSA) is 99.4 Å². The number of fused-ring (bicyclic) bond motifs is 1. The highest BCUT2D eigenvalue weighted by atomic mass is 35.5. The molecule has 0 bridgehead atoms. The number of hydrogen-bond donors (Lipinski definition) is 2. The van der Waals surface area contributed by atoms with E-state index in [0.29, 0.717) is 27.4 Å². The molecule has 154 valence electrons. The molecule has 2 aromatic carbocycles. The van der Waals surface area contributed by atoms with Gasteiger partial charge in [0.2, 0.25) is 11.7 Å². The first kappa shape index (κ1) is 19.1. The number of aromatic nitrogens is 2. The normalized spacial score (nSPS) is 16.5. The summed E-state index contributed by atoms with van der Waals surface area (Å²) in [6.07, 6.45) is 0. The van der Waals surface area contributed by atoms with Crippen LogP contribution in [0.25, 0.3) is 11.0 Å². The zero-order chi connectivity index (χ0) is 21.7. The van der Waals surface area contributed by atoms with Crippen LogP contribution in [0.2, 0.25) is 5.02 Å². The number of carbonyl (C=O) groups is 2. The Balaban J connectivity index is 1.71. The minimum Gasteiger partial charge on any atom is -0.503 e. The van der Waals surface area contributed by atoms with Gasteiger partial charge in [-0.05, 0) is 42.8 Å². The van der Waals surface area contributed by atoms with E-state index in [1.165, 1.54) is 11.0 Å². The number of rotatable bonds is 4. The summed E-state index contributed by atoms with van der Waals surface area (Å²) in [5.41, 5.74) is 1.72. The number of carbonyl (C=O) groups excluding carboxylic acids is 2. The quantitative estimate of drug-likeness (QED) is 0.446. The molecule has 1 aliphatic rings. The molecule has 3 heterocycles. The molecule has 0 saturated heterocycles. The Morgan fingerprint density at radius 2 is 1.87 bits per heavy atom. The summed E-state index contributed by atoms with van der Waals surface area (Å²) in [7, 11) is 0. The lowest BCUT2D eigenvalue weighted by Crippen LogP contribution is -2.32. The molecule has 7 nitrogen and oxygen atoms in total. The van der Waals surface area contributed by atoms with Crippen molar-refractivity contribution in [1.29, 1.82) is 0 Å². The summed E-state index contributed by atoms with van der Waals surface area (Å²) >= 11 is 6.44. The molecule has 2 N–H and O–H groups in total. The van der Waals surface area contributed by atoms with Crippen molar-refractivity contribution in [2.75, 3.05) is 4.90 Å². The van der Waals surface area contributed by atoms with E-state index in [2.05, 4.69) is 9.97 Å². The number of aryl methyl sites for hydroxylation is 1. The molecule has 0 spiro atoms. The van der Waals surface area contributed by atoms with Crippen molar-refractivity contribution in [3.8, 4) is 0 Å². The van der Waals surface area contributed by atoms with E-state index in [-0.39, 0.29) is 17.3 Å². The van der Waals surface area contributed by atoms with E-state index in [0.717, 1.165) is 0 Å². The van der Waals surface area contributed by atoms with Gasteiger partial charge in [0, 0.05) is 5.02 Å². The van der Waals surface area contributed by atoms with Gasteiger partial charge in [0.15, 0.2) is 11.5 Å². The summed E-state index contributed by atoms with van der Waals surface area (Å²) in [4.78, 5) is 35.3. The van der Waals surface area contributed by atoms with Gasteiger partial charge in [-0.3, -0.25) is 14.5 Å². The standard InChI is InChI=1S/C23H16ClN3O4/c1-12-10-11-17(31-12)20(28)18-19(13-6-2-3-7-14(13)24)27(22(30)21(18)29)23-25-15-8-4-5-9-16(15)26-23/h2-11,19,29H,1H3,(H,25,26). The Morgan fingerprint density at radius 1 is 1.13 bits per heavy atom. The van der Waals surface area contributed by atoms with Gasteiger partial charge in [-0.1, -0.05) is 41.9 Å². The van der Waals surface area contributed by atoms with Gasteiger partial charge in [0.1, 0.15) is 5.76 Å². The molecular weight excluding hydrogens is 418 g/mol. The fourth-order valence-electron chi connectivity index (χ4n) is 3.79. The van der Waals surface area contributed by atoms with Gasteiger partial charge >= 0.3 is 0 Å². The fraction of sp³-hybridized carbons (Fsp3) is 0.0870. The van der Waals surface area contributed by atoms with Crippen LogP contribution < -0.4 is 4.90 Å². The number of amides is 1. The minimum atomic E-state index is -0.986. The zero-order valence-corrected chi connectivity index (χ0v) is 17.1. The Morgan fingerprint density at radius 3 is 2.58 bits per heavy atom. The SMILES string of the molecule is Cc1ccc(C(=O)C2=C(O)C(=O)N(c3nc4ccccc4[nH]3)C2c2ccccc2Cl)o1. The third-order valence-electron chi connectivity index (χ3n) is 5.22. The van der Waals surface area contributed by atoms with Crippen molar-refractivity contribution < 1.29 is 19.1 Å². The Hall–Kier alpha value is -3.84. The summed E-state index contributed by atoms with van der Waals surface area (Å²) in [5, 5.41) is 11.1. The van der Waals surface area contributed by atoms with Crippen LogP contribution in [-0.2, 0) is 4.79 Å². The van der Waals surface area contributed by atoms with Crippen molar-refractivity contribution in [3.05, 3.63) is 94.1 Å². The van der Waals surface area contributed by atoms with E-state index >= 15 is 0 Å². The first-order valence-corrected chi connectivity index (χ1v) is 9.90. The minimum absolute atomic E-state index is 0.0235. The van der Waals surface area contributed by atoms with Crippen molar-refractivity contribution in [3.63, 3.8) is 0 Å². The van der Waals surface area contributed by atoms with E-state index in [4.69, 9.17) is 16.0 Å². The Labute approximate surface area is 181 Å². The first-order valence-electron chi connectivity index (χ1n) is 9.52. The maximum absolute atomic E-state index is 13.3. The lowest BCUT2D eigenvalue weighted by atomic mass is 9.95. The van der Waals surface area contributed by atoms with E-state index in [1.807, 2.05) is 18.2 Å². The van der Waals surface area contributed by atoms with Gasteiger partial charge < -0.3 is 14.5 Å². The molecule has 5 rings (SSSR count). The van der Waals surface area contributed by atoms with Crippen LogP contribution in [0.15, 0.2) is 76.4 Å². The highest BCUT2D eigenvalue weighted by Gasteiger charge is 2.47. The molecule has 31 heavy (non-hydrogen) atoms. The third kappa shape index (κ3) is 3.02. The number of imidazole rings is 1. The van der Waals surface area contributed by atoms with Gasteiger partial charge in [0.05, 0.1) is 22.6 Å². The summed E-state index contributed by atoms with van der Waals surface area (Å²) in [6, 6.07) is 16.3. The number of H-pyrrole nitrogens is 1. The summed E-state index contributed by atoms with van der Waals surface area (Å²) in [5.74, 6) is -1.25.